The molecule has 0 N–H and O–H groups in total. The molecule has 0 unspecified atom stereocenters. The van der Waals surface area contributed by atoms with Gasteiger partial charge in [0.05, 0.1) is 5.56 Å². The number of carbonyl (C=O) groups excluding carboxylic acids is 2. The maximum atomic E-state index is 13.6. The van der Waals surface area contributed by atoms with Crippen LogP contribution in [0.5, 0.6) is 0 Å². The second-order valence-corrected chi connectivity index (χ2v) is 9.14. The molecule has 6 heteroatoms. The zero-order valence-electron chi connectivity index (χ0n) is 17.5. The Kier molecular flexibility index (Phi) is 6.09. The van der Waals surface area contributed by atoms with Crippen LogP contribution in [0.3, 0.4) is 0 Å². The van der Waals surface area contributed by atoms with Gasteiger partial charge in [0, 0.05) is 49.4 Å². The number of aromatic nitrogens is 1. The van der Waals surface area contributed by atoms with Crippen LogP contribution in [0.4, 0.5) is 0 Å². The number of fused-ring (bicyclic) bond motifs is 1. The summed E-state index contributed by atoms with van der Waals surface area (Å²) in [7, 11) is 0. The number of carbonyl (C=O) groups is 2. The Morgan fingerprint density at radius 2 is 1.72 bits per heavy atom. The van der Waals surface area contributed by atoms with Gasteiger partial charge in [0.2, 0.25) is 5.91 Å². The maximum Gasteiger partial charge on any atom is 0.257 e. The van der Waals surface area contributed by atoms with Crippen LogP contribution in [-0.2, 0) is 17.6 Å². The minimum atomic E-state index is 0.0549. The third-order valence-corrected chi connectivity index (χ3v) is 7.72. The molecular formula is C23H31N3O2S. The smallest absolute Gasteiger partial charge is 0.257 e. The predicted octanol–water partition coefficient (Wildman–Crippen LogP) is 4.14. The van der Waals surface area contributed by atoms with Crippen molar-refractivity contribution in [3.8, 4) is 5.00 Å². The van der Waals surface area contributed by atoms with Crippen LogP contribution in [0, 0.1) is 5.92 Å². The van der Waals surface area contributed by atoms with Gasteiger partial charge in [0.25, 0.3) is 5.91 Å². The number of likely N-dealkylation sites (tertiary alicyclic amines) is 1. The normalized spacial score (nSPS) is 17.2. The summed E-state index contributed by atoms with van der Waals surface area (Å²) in [5.41, 5.74) is 2.19. The lowest BCUT2D eigenvalue weighted by Crippen LogP contribution is -2.44. The summed E-state index contributed by atoms with van der Waals surface area (Å²) in [6, 6.07) is 4.02. The fraction of sp³-hybridized carbons (Fsp3) is 0.565. The number of rotatable bonds is 5. The van der Waals surface area contributed by atoms with Crippen LogP contribution in [0.2, 0.25) is 0 Å². The molecule has 29 heavy (non-hydrogen) atoms. The van der Waals surface area contributed by atoms with Gasteiger partial charge in [-0.15, -0.1) is 11.3 Å². The molecule has 2 amide bonds. The molecule has 0 saturated carbocycles. The van der Waals surface area contributed by atoms with Gasteiger partial charge in [-0.3, -0.25) is 9.59 Å². The van der Waals surface area contributed by atoms with Gasteiger partial charge in [-0.05, 0) is 70.1 Å². The molecule has 0 aromatic carbocycles. The van der Waals surface area contributed by atoms with Crippen LogP contribution >= 0.6 is 11.3 Å². The van der Waals surface area contributed by atoms with E-state index < -0.39 is 0 Å². The van der Waals surface area contributed by atoms with E-state index in [1.54, 1.807) is 11.3 Å². The van der Waals surface area contributed by atoms with Crippen molar-refractivity contribution >= 4 is 23.2 Å². The summed E-state index contributed by atoms with van der Waals surface area (Å²) in [5, 5.41) is 1.06. The first-order chi connectivity index (χ1) is 14.1. The number of aryl methyl sites for hydroxylation is 1. The Morgan fingerprint density at radius 3 is 2.38 bits per heavy atom. The highest BCUT2D eigenvalue weighted by Gasteiger charge is 2.33. The van der Waals surface area contributed by atoms with Crippen molar-refractivity contribution in [2.24, 2.45) is 5.92 Å². The summed E-state index contributed by atoms with van der Waals surface area (Å²) in [5.74, 6) is 0.462. The van der Waals surface area contributed by atoms with Gasteiger partial charge in [0.15, 0.2) is 0 Å². The van der Waals surface area contributed by atoms with E-state index in [4.69, 9.17) is 0 Å². The van der Waals surface area contributed by atoms with Crippen LogP contribution in [0.25, 0.3) is 5.00 Å². The highest BCUT2D eigenvalue weighted by molar-refractivity contribution is 7.15. The largest absolute Gasteiger partial charge is 0.343 e. The van der Waals surface area contributed by atoms with Crippen molar-refractivity contribution in [1.82, 2.24) is 14.4 Å². The quantitative estimate of drug-likeness (QED) is 0.740. The second kappa shape index (κ2) is 8.74. The molecule has 0 atom stereocenters. The lowest BCUT2D eigenvalue weighted by molar-refractivity contribution is -0.136. The first kappa shape index (κ1) is 20.2. The van der Waals surface area contributed by atoms with Crippen LogP contribution in [-0.4, -0.2) is 52.4 Å². The van der Waals surface area contributed by atoms with Gasteiger partial charge in [0.1, 0.15) is 5.00 Å². The molecule has 0 spiro atoms. The van der Waals surface area contributed by atoms with Gasteiger partial charge in [-0.25, -0.2) is 0 Å². The molecule has 156 valence electrons. The summed E-state index contributed by atoms with van der Waals surface area (Å²) >= 11 is 1.78. The Morgan fingerprint density at radius 1 is 1.07 bits per heavy atom. The molecule has 5 nitrogen and oxygen atoms in total. The minimum Gasteiger partial charge on any atom is -0.343 e. The number of piperidine rings is 1. The molecule has 1 saturated heterocycles. The molecule has 4 rings (SSSR count). The number of thiophene rings is 1. The van der Waals surface area contributed by atoms with Crippen molar-refractivity contribution in [3.05, 3.63) is 40.5 Å². The first-order valence-electron chi connectivity index (χ1n) is 11.0. The van der Waals surface area contributed by atoms with Crippen LogP contribution < -0.4 is 0 Å². The monoisotopic (exact) mass is 413 g/mol. The molecule has 3 heterocycles. The zero-order chi connectivity index (χ0) is 20.4. The van der Waals surface area contributed by atoms with Crippen molar-refractivity contribution < 1.29 is 9.59 Å². The highest BCUT2D eigenvalue weighted by atomic mass is 32.1. The van der Waals surface area contributed by atoms with E-state index in [0.717, 1.165) is 55.8 Å². The van der Waals surface area contributed by atoms with Crippen molar-refractivity contribution in [2.45, 2.75) is 52.4 Å². The number of amides is 2. The topological polar surface area (TPSA) is 45.6 Å². The van der Waals surface area contributed by atoms with E-state index in [9.17, 15) is 9.59 Å². The molecule has 1 fully saturated rings. The second-order valence-electron chi connectivity index (χ2n) is 8.06. The highest BCUT2D eigenvalue weighted by Crippen LogP contribution is 2.38. The molecule has 0 radical (unpaired) electrons. The molecule has 2 aromatic heterocycles. The average molecular weight is 414 g/mol. The maximum absolute atomic E-state index is 13.6. The van der Waals surface area contributed by atoms with Crippen LogP contribution in [0.15, 0.2) is 24.5 Å². The third-order valence-electron chi connectivity index (χ3n) is 6.41. The van der Waals surface area contributed by atoms with E-state index in [2.05, 4.69) is 4.57 Å². The molecule has 0 bridgehead atoms. The fourth-order valence-electron chi connectivity index (χ4n) is 4.70. The Labute approximate surface area is 177 Å². The van der Waals surface area contributed by atoms with Crippen molar-refractivity contribution in [2.75, 3.05) is 26.2 Å². The zero-order valence-corrected chi connectivity index (χ0v) is 18.3. The number of hydrogen-bond donors (Lipinski definition) is 0. The van der Waals surface area contributed by atoms with Gasteiger partial charge in [-0.1, -0.05) is 0 Å². The van der Waals surface area contributed by atoms with Gasteiger partial charge in [-0.2, -0.15) is 0 Å². The minimum absolute atomic E-state index is 0.0549. The van der Waals surface area contributed by atoms with E-state index in [1.807, 2.05) is 48.2 Å². The summed E-state index contributed by atoms with van der Waals surface area (Å²) in [4.78, 5) is 31.6. The summed E-state index contributed by atoms with van der Waals surface area (Å²) < 4.78 is 2.09. The Hall–Kier alpha value is -2.08. The number of hydrogen-bond acceptors (Lipinski definition) is 3. The molecule has 1 aliphatic heterocycles. The average Bonchev–Trinajstić information content (AvgIpc) is 3.42. The molecule has 1 aliphatic carbocycles. The fourth-order valence-corrected chi connectivity index (χ4v) is 6.05. The standard InChI is InChI=1S/C23H31N3O2S/c1-3-24(4-2)21(27)17-11-15-25(16-12-17)22(28)20-18-9-5-6-10-19(18)29-23(20)26-13-7-8-14-26/h7-8,13-14,17H,3-6,9-12,15-16H2,1-2H3. The third kappa shape index (κ3) is 3.87. The van der Waals surface area contributed by atoms with E-state index in [-0.39, 0.29) is 17.7 Å². The lowest BCUT2D eigenvalue weighted by atomic mass is 9.92. The SMILES string of the molecule is CCN(CC)C(=O)C1CCN(C(=O)c2c(-n3cccc3)sc3c2CCCC3)CC1. The van der Waals surface area contributed by atoms with E-state index >= 15 is 0 Å². The molecular weight excluding hydrogens is 382 g/mol. The summed E-state index contributed by atoms with van der Waals surface area (Å²) in [6.07, 6.45) is 10.1. The molecule has 2 aliphatic rings. The van der Waals surface area contributed by atoms with Gasteiger partial charge < -0.3 is 14.4 Å². The van der Waals surface area contributed by atoms with Crippen molar-refractivity contribution in [3.63, 3.8) is 0 Å². The lowest BCUT2D eigenvalue weighted by Gasteiger charge is -2.34. The predicted molar refractivity (Wildman–Crippen MR) is 117 cm³/mol. The first-order valence-corrected chi connectivity index (χ1v) is 11.8. The molecule has 2 aromatic rings. The van der Waals surface area contributed by atoms with Crippen LogP contribution in [0.1, 0.15) is 60.3 Å². The Balaban J connectivity index is 1.54. The number of nitrogens with zero attached hydrogens (tertiary/aromatic N) is 3. The Bertz CT molecular complexity index is 859. The summed E-state index contributed by atoms with van der Waals surface area (Å²) in [6.45, 7) is 6.93. The van der Waals surface area contributed by atoms with Crippen molar-refractivity contribution in [1.29, 1.82) is 0 Å². The van der Waals surface area contributed by atoms with E-state index in [1.165, 1.54) is 16.9 Å². The van der Waals surface area contributed by atoms with Gasteiger partial charge >= 0.3 is 0 Å². The van der Waals surface area contributed by atoms with E-state index in [0.29, 0.717) is 13.1 Å².